The van der Waals surface area contributed by atoms with Gasteiger partial charge in [-0.1, -0.05) is 26.8 Å². The first-order valence-corrected chi connectivity index (χ1v) is 9.68. The summed E-state index contributed by atoms with van der Waals surface area (Å²) in [6.45, 7) is 11.2. The third-order valence-corrected chi connectivity index (χ3v) is 5.16. The van der Waals surface area contributed by atoms with Crippen LogP contribution in [0.2, 0.25) is 0 Å². The Morgan fingerprint density at radius 2 is 2.04 bits per heavy atom. The van der Waals surface area contributed by atoms with Crippen molar-refractivity contribution < 1.29 is 0 Å². The zero-order valence-corrected chi connectivity index (χ0v) is 16.3. The standard InChI is InChI=1S/C20H35N5/c1-16(2)19(25-13-9-17(3)10-14-25)15-24-20(21-4)23-12-8-18-7-5-6-11-22-18/h5-7,11,16-17,19H,8-10,12-15H2,1-4H3,(H2,21,23,24). The Morgan fingerprint density at radius 3 is 2.64 bits per heavy atom. The molecular weight excluding hydrogens is 310 g/mol. The summed E-state index contributed by atoms with van der Waals surface area (Å²) < 4.78 is 0. The Kier molecular flexibility index (Phi) is 8.19. The van der Waals surface area contributed by atoms with E-state index in [-0.39, 0.29) is 0 Å². The average Bonchev–Trinajstić information content (AvgIpc) is 2.62. The highest BCUT2D eigenvalue weighted by atomic mass is 15.2. The lowest BCUT2D eigenvalue weighted by Gasteiger charge is -2.39. The first-order chi connectivity index (χ1) is 12.1. The molecule has 5 nitrogen and oxygen atoms in total. The maximum absolute atomic E-state index is 4.36. The van der Waals surface area contributed by atoms with Crippen LogP contribution in [0.5, 0.6) is 0 Å². The molecule has 1 aliphatic rings. The third-order valence-electron chi connectivity index (χ3n) is 5.16. The van der Waals surface area contributed by atoms with Crippen LogP contribution in [-0.2, 0) is 6.42 Å². The topological polar surface area (TPSA) is 52.6 Å². The lowest BCUT2D eigenvalue weighted by molar-refractivity contribution is 0.110. The molecule has 2 N–H and O–H groups in total. The van der Waals surface area contributed by atoms with Crippen molar-refractivity contribution in [3.8, 4) is 0 Å². The minimum absolute atomic E-state index is 0.557. The summed E-state index contributed by atoms with van der Waals surface area (Å²) in [5.41, 5.74) is 1.10. The third kappa shape index (κ3) is 6.65. The van der Waals surface area contributed by atoms with Crippen LogP contribution in [0.1, 0.15) is 39.3 Å². The number of hydrogen-bond donors (Lipinski definition) is 2. The van der Waals surface area contributed by atoms with E-state index in [1.165, 1.54) is 25.9 Å². The van der Waals surface area contributed by atoms with Gasteiger partial charge in [0.1, 0.15) is 0 Å². The molecule has 1 unspecified atom stereocenters. The Hall–Kier alpha value is -1.62. The van der Waals surface area contributed by atoms with E-state index < -0.39 is 0 Å². The van der Waals surface area contributed by atoms with Crippen LogP contribution in [0.25, 0.3) is 0 Å². The first-order valence-electron chi connectivity index (χ1n) is 9.68. The summed E-state index contributed by atoms with van der Waals surface area (Å²) >= 11 is 0. The Morgan fingerprint density at radius 1 is 1.28 bits per heavy atom. The molecule has 0 radical (unpaired) electrons. The van der Waals surface area contributed by atoms with Crippen molar-refractivity contribution in [3.05, 3.63) is 30.1 Å². The van der Waals surface area contributed by atoms with Gasteiger partial charge in [0.05, 0.1) is 0 Å². The molecule has 2 heterocycles. The molecule has 25 heavy (non-hydrogen) atoms. The van der Waals surface area contributed by atoms with E-state index in [4.69, 9.17) is 0 Å². The molecular formula is C20H35N5. The van der Waals surface area contributed by atoms with Gasteiger partial charge in [0.2, 0.25) is 0 Å². The van der Waals surface area contributed by atoms with E-state index in [0.717, 1.165) is 37.1 Å². The molecule has 0 aliphatic carbocycles. The number of hydrogen-bond acceptors (Lipinski definition) is 3. The lowest BCUT2D eigenvalue weighted by Crippen LogP contribution is -2.51. The van der Waals surface area contributed by atoms with Crippen molar-refractivity contribution in [2.75, 3.05) is 33.2 Å². The average molecular weight is 346 g/mol. The van der Waals surface area contributed by atoms with Gasteiger partial charge in [0.25, 0.3) is 0 Å². The predicted molar refractivity (Wildman–Crippen MR) is 106 cm³/mol. The summed E-state index contributed by atoms with van der Waals surface area (Å²) in [5, 5.41) is 6.92. The van der Waals surface area contributed by atoms with Crippen LogP contribution in [-0.4, -0.2) is 55.1 Å². The molecule has 1 aromatic rings. The van der Waals surface area contributed by atoms with Crippen molar-refractivity contribution in [2.45, 2.75) is 46.1 Å². The number of piperidine rings is 1. The molecule has 0 bridgehead atoms. The number of nitrogens with one attached hydrogen (secondary N) is 2. The van der Waals surface area contributed by atoms with Crippen molar-refractivity contribution in [1.82, 2.24) is 20.5 Å². The van der Waals surface area contributed by atoms with E-state index in [1.807, 2.05) is 25.4 Å². The lowest BCUT2D eigenvalue weighted by atomic mass is 9.94. The second kappa shape index (κ2) is 10.4. The molecule has 0 aromatic carbocycles. The summed E-state index contributed by atoms with van der Waals surface area (Å²) in [6, 6.07) is 6.60. The molecule has 0 spiro atoms. The number of guanidine groups is 1. The monoisotopic (exact) mass is 345 g/mol. The fraction of sp³-hybridized carbons (Fsp3) is 0.700. The van der Waals surface area contributed by atoms with Crippen molar-refractivity contribution >= 4 is 5.96 Å². The molecule has 2 rings (SSSR count). The van der Waals surface area contributed by atoms with Crippen molar-refractivity contribution in [2.24, 2.45) is 16.8 Å². The van der Waals surface area contributed by atoms with Crippen LogP contribution in [0, 0.1) is 11.8 Å². The Bertz CT molecular complexity index is 506. The smallest absolute Gasteiger partial charge is 0.191 e. The van der Waals surface area contributed by atoms with Crippen LogP contribution in [0.3, 0.4) is 0 Å². The van der Waals surface area contributed by atoms with Gasteiger partial charge in [0, 0.05) is 44.5 Å². The summed E-state index contributed by atoms with van der Waals surface area (Å²) in [4.78, 5) is 11.4. The van der Waals surface area contributed by atoms with E-state index in [2.05, 4.69) is 52.3 Å². The molecule has 1 saturated heterocycles. The molecule has 1 aliphatic heterocycles. The summed E-state index contributed by atoms with van der Waals surface area (Å²) in [6.07, 6.45) is 5.38. The van der Waals surface area contributed by atoms with Crippen LogP contribution < -0.4 is 10.6 Å². The number of aromatic nitrogens is 1. The number of aliphatic imine (C=N–C) groups is 1. The fourth-order valence-electron chi connectivity index (χ4n) is 3.42. The molecule has 5 heteroatoms. The maximum atomic E-state index is 4.36. The van der Waals surface area contributed by atoms with E-state index in [0.29, 0.717) is 12.0 Å². The molecule has 1 aromatic heterocycles. The predicted octanol–water partition coefficient (Wildman–Crippen LogP) is 2.55. The van der Waals surface area contributed by atoms with E-state index >= 15 is 0 Å². The van der Waals surface area contributed by atoms with E-state index in [1.54, 1.807) is 0 Å². The first kappa shape index (κ1) is 19.7. The molecule has 140 valence electrons. The Balaban J connectivity index is 1.77. The quantitative estimate of drug-likeness (QED) is 0.589. The second-order valence-corrected chi connectivity index (χ2v) is 7.48. The van der Waals surface area contributed by atoms with Crippen LogP contribution in [0.4, 0.5) is 0 Å². The minimum atomic E-state index is 0.557. The summed E-state index contributed by atoms with van der Waals surface area (Å²) in [5.74, 6) is 2.39. The number of rotatable bonds is 7. The molecule has 1 fully saturated rings. The van der Waals surface area contributed by atoms with Gasteiger partial charge in [-0.2, -0.15) is 0 Å². The van der Waals surface area contributed by atoms with Gasteiger partial charge in [0.15, 0.2) is 5.96 Å². The van der Waals surface area contributed by atoms with Gasteiger partial charge in [-0.25, -0.2) is 0 Å². The van der Waals surface area contributed by atoms with Gasteiger partial charge < -0.3 is 10.6 Å². The molecule has 0 amide bonds. The summed E-state index contributed by atoms with van der Waals surface area (Å²) in [7, 11) is 1.84. The number of pyridine rings is 1. The molecule has 1 atom stereocenters. The number of likely N-dealkylation sites (tertiary alicyclic amines) is 1. The number of nitrogens with zero attached hydrogens (tertiary/aromatic N) is 3. The normalized spacial score (nSPS) is 18.4. The highest BCUT2D eigenvalue weighted by Crippen LogP contribution is 2.20. The Labute approximate surface area is 153 Å². The minimum Gasteiger partial charge on any atom is -0.356 e. The van der Waals surface area contributed by atoms with E-state index in [9.17, 15) is 0 Å². The van der Waals surface area contributed by atoms with Crippen LogP contribution in [0.15, 0.2) is 29.4 Å². The van der Waals surface area contributed by atoms with Gasteiger partial charge in [-0.15, -0.1) is 0 Å². The second-order valence-electron chi connectivity index (χ2n) is 7.48. The maximum Gasteiger partial charge on any atom is 0.191 e. The van der Waals surface area contributed by atoms with Gasteiger partial charge >= 0.3 is 0 Å². The van der Waals surface area contributed by atoms with Gasteiger partial charge in [-0.3, -0.25) is 14.9 Å². The van der Waals surface area contributed by atoms with Crippen molar-refractivity contribution in [3.63, 3.8) is 0 Å². The van der Waals surface area contributed by atoms with Gasteiger partial charge in [-0.05, 0) is 49.9 Å². The molecule has 0 saturated carbocycles. The van der Waals surface area contributed by atoms with Crippen molar-refractivity contribution in [1.29, 1.82) is 0 Å². The zero-order valence-electron chi connectivity index (χ0n) is 16.3. The SMILES string of the molecule is CN=C(NCCc1ccccn1)NCC(C(C)C)N1CCC(C)CC1. The zero-order chi connectivity index (χ0) is 18.1. The highest BCUT2D eigenvalue weighted by molar-refractivity contribution is 5.79. The highest BCUT2D eigenvalue weighted by Gasteiger charge is 2.25. The van der Waals surface area contributed by atoms with Crippen LogP contribution >= 0.6 is 0 Å². The largest absolute Gasteiger partial charge is 0.356 e. The fourth-order valence-corrected chi connectivity index (χ4v) is 3.42.